The van der Waals surface area contributed by atoms with Crippen molar-refractivity contribution >= 4 is 34.0 Å². The quantitative estimate of drug-likeness (QED) is 0.269. The first-order valence-corrected chi connectivity index (χ1v) is 11.9. The molecule has 31 heavy (non-hydrogen) atoms. The highest BCUT2D eigenvalue weighted by Gasteiger charge is 2.13. The van der Waals surface area contributed by atoms with Crippen molar-refractivity contribution in [3.63, 3.8) is 0 Å². The fourth-order valence-electron chi connectivity index (χ4n) is 3.26. The molecule has 0 aliphatic heterocycles. The maximum absolute atomic E-state index is 12.8. The average molecular weight is 454 g/mol. The van der Waals surface area contributed by atoms with Gasteiger partial charge in [0.25, 0.3) is 5.56 Å². The van der Waals surface area contributed by atoms with E-state index >= 15 is 0 Å². The lowest BCUT2D eigenvalue weighted by molar-refractivity contribution is 0.311. The first kappa shape index (κ1) is 21.4. The summed E-state index contributed by atoms with van der Waals surface area (Å²) in [6.45, 7) is 5.07. The number of thiazole rings is 1. The Morgan fingerprint density at radius 2 is 1.94 bits per heavy atom. The van der Waals surface area contributed by atoms with Gasteiger partial charge in [0.2, 0.25) is 0 Å². The van der Waals surface area contributed by atoms with Crippen LogP contribution < -0.4 is 15.0 Å². The number of thioether (sulfide) groups is 1. The summed E-state index contributed by atoms with van der Waals surface area (Å²) in [4.78, 5) is 22.3. The van der Waals surface area contributed by atoms with Gasteiger partial charge in [-0.2, -0.15) is 0 Å². The first-order chi connectivity index (χ1) is 15.1. The number of rotatable bonds is 8. The van der Waals surface area contributed by atoms with Crippen molar-refractivity contribution in [2.24, 2.45) is 0 Å². The van der Waals surface area contributed by atoms with Gasteiger partial charge >= 0.3 is 0 Å². The summed E-state index contributed by atoms with van der Waals surface area (Å²) in [5, 5.41) is 4.31. The number of hydrogen-bond donors (Lipinski definition) is 0. The zero-order valence-electron chi connectivity index (χ0n) is 17.6. The maximum atomic E-state index is 12.8. The molecule has 0 radical (unpaired) electrons. The molecule has 0 atom stereocenters. The van der Waals surface area contributed by atoms with Crippen LogP contribution in [0.25, 0.3) is 21.5 Å². The molecule has 6 nitrogen and oxygen atoms in total. The minimum atomic E-state index is -0.00366. The molecule has 0 saturated carbocycles. The Balaban J connectivity index is 1.56. The second kappa shape index (κ2) is 9.53. The summed E-state index contributed by atoms with van der Waals surface area (Å²) in [6.07, 6.45) is 0. The minimum Gasteiger partial charge on any atom is -0.493 e. The molecule has 0 aliphatic rings. The summed E-state index contributed by atoms with van der Waals surface area (Å²) in [7, 11) is 1.63. The largest absolute Gasteiger partial charge is 0.493 e. The SMILES string of the molecule is CCOc1ccc(-c2nc(CSc3nc4ccccc4c(=O)n3CC)cs2)cc1OC. The number of benzene rings is 2. The molecule has 0 bridgehead atoms. The topological polar surface area (TPSA) is 66.2 Å². The number of para-hydroxylation sites is 1. The lowest BCUT2D eigenvalue weighted by atomic mass is 10.2. The molecule has 0 amide bonds. The highest BCUT2D eigenvalue weighted by molar-refractivity contribution is 7.98. The number of ether oxygens (including phenoxy) is 2. The van der Waals surface area contributed by atoms with Crippen molar-refractivity contribution in [2.45, 2.75) is 31.3 Å². The van der Waals surface area contributed by atoms with Crippen LogP contribution >= 0.6 is 23.1 Å². The Bertz CT molecular complexity index is 1270. The molecule has 0 aliphatic carbocycles. The first-order valence-electron chi connectivity index (χ1n) is 10.0. The molecular formula is C23H23N3O3S2. The predicted molar refractivity (Wildman–Crippen MR) is 127 cm³/mol. The van der Waals surface area contributed by atoms with Crippen LogP contribution in [0.4, 0.5) is 0 Å². The highest BCUT2D eigenvalue weighted by Crippen LogP contribution is 2.34. The van der Waals surface area contributed by atoms with Crippen LogP contribution in [0.3, 0.4) is 0 Å². The molecule has 2 aromatic heterocycles. The van der Waals surface area contributed by atoms with Crippen LogP contribution in [0, 0.1) is 0 Å². The fraction of sp³-hybridized carbons (Fsp3) is 0.261. The summed E-state index contributed by atoms with van der Waals surface area (Å²) < 4.78 is 12.8. The molecule has 160 valence electrons. The molecule has 0 fully saturated rings. The van der Waals surface area contributed by atoms with Crippen LogP contribution in [0.15, 0.2) is 57.8 Å². The summed E-state index contributed by atoms with van der Waals surface area (Å²) in [5.41, 5.74) is 2.65. The van der Waals surface area contributed by atoms with E-state index in [1.54, 1.807) is 23.0 Å². The van der Waals surface area contributed by atoms with Crippen molar-refractivity contribution in [1.82, 2.24) is 14.5 Å². The predicted octanol–water partition coefficient (Wildman–Crippen LogP) is 5.24. The van der Waals surface area contributed by atoms with E-state index in [1.807, 2.05) is 61.7 Å². The zero-order valence-corrected chi connectivity index (χ0v) is 19.3. The van der Waals surface area contributed by atoms with Gasteiger partial charge in [-0.25, -0.2) is 9.97 Å². The smallest absolute Gasteiger partial charge is 0.262 e. The third-order valence-corrected chi connectivity index (χ3v) is 6.70. The van der Waals surface area contributed by atoms with E-state index in [2.05, 4.69) is 0 Å². The zero-order chi connectivity index (χ0) is 21.8. The van der Waals surface area contributed by atoms with Crippen LogP contribution in [0.1, 0.15) is 19.5 Å². The van der Waals surface area contributed by atoms with Crippen LogP contribution in [-0.4, -0.2) is 28.3 Å². The molecule has 8 heteroatoms. The van der Waals surface area contributed by atoms with Crippen LogP contribution in [-0.2, 0) is 12.3 Å². The van der Waals surface area contributed by atoms with Gasteiger partial charge in [0.1, 0.15) is 5.01 Å². The normalized spacial score (nSPS) is 11.1. The van der Waals surface area contributed by atoms with Crippen molar-refractivity contribution in [1.29, 1.82) is 0 Å². The van der Waals surface area contributed by atoms with Crippen molar-refractivity contribution in [3.05, 3.63) is 63.9 Å². The van der Waals surface area contributed by atoms with E-state index in [0.717, 1.165) is 27.5 Å². The summed E-state index contributed by atoms with van der Waals surface area (Å²) >= 11 is 3.11. The van der Waals surface area contributed by atoms with E-state index in [1.165, 1.54) is 11.8 Å². The summed E-state index contributed by atoms with van der Waals surface area (Å²) in [6, 6.07) is 13.3. The number of fused-ring (bicyclic) bond motifs is 1. The average Bonchev–Trinajstić information content (AvgIpc) is 3.27. The fourth-order valence-corrected chi connectivity index (χ4v) is 5.13. The second-order valence-corrected chi connectivity index (χ2v) is 8.49. The minimum absolute atomic E-state index is 0.00366. The Kier molecular flexibility index (Phi) is 6.58. The van der Waals surface area contributed by atoms with Crippen molar-refractivity contribution < 1.29 is 9.47 Å². The molecular weight excluding hydrogens is 430 g/mol. The monoisotopic (exact) mass is 453 g/mol. The highest BCUT2D eigenvalue weighted by atomic mass is 32.2. The summed E-state index contributed by atoms with van der Waals surface area (Å²) in [5.74, 6) is 2.05. The number of aromatic nitrogens is 3. The van der Waals surface area contributed by atoms with E-state index in [0.29, 0.717) is 35.2 Å². The second-order valence-electron chi connectivity index (χ2n) is 6.69. The Labute approximate surface area is 188 Å². The van der Waals surface area contributed by atoms with Crippen LogP contribution in [0.5, 0.6) is 11.5 Å². The van der Waals surface area contributed by atoms with Gasteiger partial charge in [0.05, 0.1) is 30.3 Å². The lowest BCUT2D eigenvalue weighted by Gasteiger charge is -2.10. The van der Waals surface area contributed by atoms with Gasteiger partial charge in [-0.1, -0.05) is 23.9 Å². The van der Waals surface area contributed by atoms with Crippen molar-refractivity contribution in [2.75, 3.05) is 13.7 Å². The molecule has 0 unspecified atom stereocenters. The molecule has 0 N–H and O–H groups in total. The molecule has 0 saturated heterocycles. The Hall–Kier alpha value is -2.84. The van der Waals surface area contributed by atoms with Gasteiger partial charge < -0.3 is 9.47 Å². The third-order valence-electron chi connectivity index (χ3n) is 4.75. The molecule has 0 spiro atoms. The number of hydrogen-bond acceptors (Lipinski definition) is 7. The molecule has 2 heterocycles. The van der Waals surface area contributed by atoms with Gasteiger partial charge in [-0.3, -0.25) is 9.36 Å². The van der Waals surface area contributed by atoms with E-state index in [9.17, 15) is 4.79 Å². The maximum Gasteiger partial charge on any atom is 0.262 e. The van der Waals surface area contributed by atoms with Crippen molar-refractivity contribution in [3.8, 4) is 22.1 Å². The molecule has 2 aromatic carbocycles. The molecule has 4 aromatic rings. The standard InChI is InChI=1S/C23H23N3O3S2/c1-4-26-22(27)17-8-6-7-9-18(17)25-23(26)31-14-16-13-30-21(24-16)15-10-11-19(29-5-2)20(12-15)28-3/h6-13H,4-5,14H2,1-3H3. The van der Waals surface area contributed by atoms with E-state index in [-0.39, 0.29) is 5.56 Å². The molecule has 4 rings (SSSR count). The van der Waals surface area contributed by atoms with E-state index in [4.69, 9.17) is 19.4 Å². The third kappa shape index (κ3) is 4.45. The number of methoxy groups -OCH3 is 1. The van der Waals surface area contributed by atoms with Gasteiger partial charge in [0, 0.05) is 23.2 Å². The van der Waals surface area contributed by atoms with Gasteiger partial charge in [-0.15, -0.1) is 11.3 Å². The van der Waals surface area contributed by atoms with E-state index < -0.39 is 0 Å². The lowest BCUT2D eigenvalue weighted by Crippen LogP contribution is -2.22. The Morgan fingerprint density at radius 1 is 1.10 bits per heavy atom. The van der Waals surface area contributed by atoms with Gasteiger partial charge in [-0.05, 0) is 44.2 Å². The van der Waals surface area contributed by atoms with Crippen LogP contribution in [0.2, 0.25) is 0 Å². The van der Waals surface area contributed by atoms with Gasteiger partial charge in [0.15, 0.2) is 16.7 Å². The Morgan fingerprint density at radius 3 is 2.71 bits per heavy atom. The number of nitrogens with zero attached hydrogens (tertiary/aromatic N) is 3.